The van der Waals surface area contributed by atoms with E-state index in [0.29, 0.717) is 16.9 Å². The number of hydrogen-bond acceptors (Lipinski definition) is 4. The molecule has 1 aliphatic rings. The highest BCUT2D eigenvalue weighted by Gasteiger charge is 2.36. The normalized spacial score (nSPS) is 15.2. The summed E-state index contributed by atoms with van der Waals surface area (Å²) in [4.78, 5) is 29.8. The molecular formula is C25H29FN4O2S. The van der Waals surface area contributed by atoms with Crippen molar-refractivity contribution in [3.8, 4) is 0 Å². The van der Waals surface area contributed by atoms with Crippen molar-refractivity contribution in [2.45, 2.75) is 57.5 Å². The van der Waals surface area contributed by atoms with Gasteiger partial charge in [-0.15, -0.1) is 11.3 Å². The van der Waals surface area contributed by atoms with Crippen LogP contribution in [-0.4, -0.2) is 27.6 Å². The number of aryl methyl sites for hydroxylation is 2. The second-order valence-electron chi connectivity index (χ2n) is 8.59. The van der Waals surface area contributed by atoms with E-state index in [0.717, 1.165) is 30.6 Å². The summed E-state index contributed by atoms with van der Waals surface area (Å²) in [7, 11) is 1.79. The molecular weight excluding hydrogens is 439 g/mol. The second kappa shape index (κ2) is 10.3. The Morgan fingerprint density at radius 3 is 2.55 bits per heavy atom. The molecule has 174 valence electrons. The summed E-state index contributed by atoms with van der Waals surface area (Å²) in [6.45, 7) is 1.84. The molecule has 2 aromatic heterocycles. The van der Waals surface area contributed by atoms with Gasteiger partial charge in [0.05, 0.1) is 12.1 Å². The highest BCUT2D eigenvalue weighted by Crippen LogP contribution is 2.31. The Balaban J connectivity index is 1.75. The molecule has 0 spiro atoms. The van der Waals surface area contributed by atoms with Gasteiger partial charge in [-0.25, -0.2) is 4.39 Å². The minimum Gasteiger partial charge on any atom is -0.351 e. The van der Waals surface area contributed by atoms with Crippen LogP contribution in [0, 0.1) is 12.7 Å². The van der Waals surface area contributed by atoms with Crippen LogP contribution in [0.5, 0.6) is 0 Å². The van der Waals surface area contributed by atoms with E-state index in [1.165, 1.54) is 34.8 Å². The summed E-state index contributed by atoms with van der Waals surface area (Å²) in [5.41, 5.74) is 1.82. The van der Waals surface area contributed by atoms with E-state index in [1.807, 2.05) is 24.4 Å². The van der Waals surface area contributed by atoms with Crippen molar-refractivity contribution in [1.29, 1.82) is 0 Å². The van der Waals surface area contributed by atoms with Gasteiger partial charge in [-0.1, -0.05) is 25.3 Å². The van der Waals surface area contributed by atoms with Crippen molar-refractivity contribution >= 4 is 28.8 Å². The number of rotatable bonds is 7. The van der Waals surface area contributed by atoms with Gasteiger partial charge >= 0.3 is 0 Å². The quantitative estimate of drug-likeness (QED) is 0.547. The number of hydrogen-bond donors (Lipinski definition) is 1. The predicted molar refractivity (Wildman–Crippen MR) is 128 cm³/mol. The lowest BCUT2D eigenvalue weighted by Crippen LogP contribution is -2.47. The van der Waals surface area contributed by atoms with Crippen molar-refractivity contribution in [3.05, 3.63) is 69.9 Å². The minimum atomic E-state index is -0.904. The molecule has 1 saturated carbocycles. The van der Waals surface area contributed by atoms with Crippen LogP contribution in [0.2, 0.25) is 0 Å². The van der Waals surface area contributed by atoms with Gasteiger partial charge in [-0.3, -0.25) is 19.2 Å². The van der Waals surface area contributed by atoms with Crippen LogP contribution in [0.4, 0.5) is 10.1 Å². The number of carbonyl (C=O) groups is 2. The number of anilines is 1. The van der Waals surface area contributed by atoms with Crippen molar-refractivity contribution < 1.29 is 14.0 Å². The summed E-state index contributed by atoms with van der Waals surface area (Å²) in [6.07, 6.45) is 7.16. The molecule has 33 heavy (non-hydrogen) atoms. The Bertz CT molecular complexity index is 1090. The van der Waals surface area contributed by atoms with Gasteiger partial charge < -0.3 is 5.32 Å². The third kappa shape index (κ3) is 5.50. The van der Waals surface area contributed by atoms with Crippen LogP contribution in [0.25, 0.3) is 0 Å². The van der Waals surface area contributed by atoms with E-state index in [-0.39, 0.29) is 24.3 Å². The summed E-state index contributed by atoms with van der Waals surface area (Å²) >= 11 is 1.49. The second-order valence-corrected chi connectivity index (χ2v) is 9.62. The molecule has 8 heteroatoms. The fourth-order valence-electron chi connectivity index (χ4n) is 4.50. The predicted octanol–water partition coefficient (Wildman–Crippen LogP) is 4.70. The van der Waals surface area contributed by atoms with E-state index in [4.69, 9.17) is 0 Å². The molecule has 1 N–H and O–H groups in total. The molecule has 0 radical (unpaired) electrons. The molecule has 1 atom stereocenters. The smallest absolute Gasteiger partial charge is 0.248 e. The number of nitrogens with one attached hydrogen (secondary N) is 1. The minimum absolute atomic E-state index is 0.0909. The first-order chi connectivity index (χ1) is 15.9. The van der Waals surface area contributed by atoms with Crippen molar-refractivity contribution in [3.63, 3.8) is 0 Å². The number of nitrogens with zero attached hydrogens (tertiary/aromatic N) is 3. The largest absolute Gasteiger partial charge is 0.351 e. The molecule has 1 aromatic carbocycles. The monoisotopic (exact) mass is 468 g/mol. The topological polar surface area (TPSA) is 67.2 Å². The van der Waals surface area contributed by atoms with Crippen molar-refractivity contribution in [2.75, 3.05) is 4.90 Å². The number of halogens is 1. The molecule has 0 saturated heterocycles. The van der Waals surface area contributed by atoms with Crippen LogP contribution >= 0.6 is 11.3 Å². The van der Waals surface area contributed by atoms with Crippen LogP contribution < -0.4 is 10.2 Å². The number of benzene rings is 1. The summed E-state index contributed by atoms with van der Waals surface area (Å²) < 4.78 is 15.4. The van der Waals surface area contributed by atoms with Gasteiger partial charge in [0.25, 0.3) is 0 Å². The van der Waals surface area contributed by atoms with E-state index in [2.05, 4.69) is 10.4 Å². The molecule has 4 rings (SSSR count). The molecule has 1 unspecified atom stereocenters. The zero-order valence-electron chi connectivity index (χ0n) is 19.0. The molecule has 1 aliphatic carbocycles. The Hall–Kier alpha value is -3.00. The number of thiophene rings is 1. The summed E-state index contributed by atoms with van der Waals surface area (Å²) in [5.74, 6) is -0.858. The maximum atomic E-state index is 13.7. The van der Waals surface area contributed by atoms with Crippen molar-refractivity contribution in [1.82, 2.24) is 15.1 Å². The van der Waals surface area contributed by atoms with Gasteiger partial charge in [-0.05, 0) is 55.5 Å². The van der Waals surface area contributed by atoms with Gasteiger partial charge in [-0.2, -0.15) is 5.10 Å². The van der Waals surface area contributed by atoms with E-state index >= 15 is 0 Å². The Morgan fingerprint density at radius 1 is 1.21 bits per heavy atom. The van der Waals surface area contributed by atoms with Gasteiger partial charge in [0.2, 0.25) is 11.8 Å². The molecule has 2 heterocycles. The lowest BCUT2D eigenvalue weighted by atomic mass is 9.94. The first kappa shape index (κ1) is 23.2. The molecule has 0 aliphatic heterocycles. The number of carbonyl (C=O) groups excluding carboxylic acids is 2. The van der Waals surface area contributed by atoms with Gasteiger partial charge in [0.15, 0.2) is 0 Å². The maximum absolute atomic E-state index is 13.7. The average Bonchev–Trinajstić information content (AvgIpc) is 3.42. The average molecular weight is 469 g/mol. The van der Waals surface area contributed by atoms with E-state index < -0.39 is 11.9 Å². The highest BCUT2D eigenvalue weighted by molar-refractivity contribution is 7.10. The molecule has 0 bridgehead atoms. The maximum Gasteiger partial charge on any atom is 0.248 e. The zero-order chi connectivity index (χ0) is 23.4. The first-order valence-electron chi connectivity index (χ1n) is 11.3. The third-order valence-electron chi connectivity index (χ3n) is 6.08. The lowest BCUT2D eigenvalue weighted by Gasteiger charge is -2.33. The Morgan fingerprint density at radius 2 is 1.94 bits per heavy atom. The van der Waals surface area contributed by atoms with Gasteiger partial charge in [0.1, 0.15) is 11.9 Å². The third-order valence-corrected chi connectivity index (χ3v) is 6.96. The fourth-order valence-corrected chi connectivity index (χ4v) is 5.19. The number of amides is 2. The summed E-state index contributed by atoms with van der Waals surface area (Å²) in [5, 5.41) is 9.54. The SMILES string of the molecule is Cc1nn(C)cc1C(C(=O)NC1CCCCC1)N(C(=O)Cc1cccs1)c1ccc(F)cc1. The van der Waals surface area contributed by atoms with Crippen LogP contribution in [0.3, 0.4) is 0 Å². The van der Waals surface area contributed by atoms with Crippen molar-refractivity contribution in [2.24, 2.45) is 7.05 Å². The first-order valence-corrected chi connectivity index (χ1v) is 12.2. The van der Waals surface area contributed by atoms with Crippen LogP contribution in [0.1, 0.15) is 54.3 Å². The van der Waals surface area contributed by atoms with Gasteiger partial charge in [0, 0.05) is 35.4 Å². The van der Waals surface area contributed by atoms with Crippen LogP contribution in [-0.2, 0) is 23.1 Å². The summed E-state index contributed by atoms with van der Waals surface area (Å²) in [6, 6.07) is 8.71. The van der Waals surface area contributed by atoms with Crippen LogP contribution in [0.15, 0.2) is 48.0 Å². The standard InChI is InChI=1S/C25H29FN4O2S/c1-17-22(16-29(2)28-17)24(25(32)27-19-7-4-3-5-8-19)30(20-12-10-18(26)11-13-20)23(31)15-21-9-6-14-33-21/h6,9-14,16,19,24H,3-5,7-8,15H2,1-2H3,(H,27,32). The van der Waals surface area contributed by atoms with E-state index in [1.54, 1.807) is 30.1 Å². The molecule has 1 fully saturated rings. The molecule has 3 aromatic rings. The Labute approximate surface area is 197 Å². The number of aromatic nitrogens is 2. The molecule has 6 nitrogen and oxygen atoms in total. The highest BCUT2D eigenvalue weighted by atomic mass is 32.1. The fraction of sp³-hybridized carbons (Fsp3) is 0.400. The molecule has 2 amide bonds. The Kier molecular flexibility index (Phi) is 7.23. The zero-order valence-corrected chi connectivity index (χ0v) is 19.8. The van der Waals surface area contributed by atoms with E-state index in [9.17, 15) is 14.0 Å². The lowest BCUT2D eigenvalue weighted by molar-refractivity contribution is -0.127.